The molecule has 0 aliphatic carbocycles. The maximum Gasteiger partial charge on any atom is 0.294 e. The molecule has 0 saturated carbocycles. The van der Waals surface area contributed by atoms with Crippen molar-refractivity contribution in [3.05, 3.63) is 78.4 Å². The lowest BCUT2D eigenvalue weighted by atomic mass is 10.1. The van der Waals surface area contributed by atoms with Crippen molar-refractivity contribution in [3.63, 3.8) is 0 Å². The molecule has 1 N–H and O–H groups in total. The predicted molar refractivity (Wildman–Crippen MR) is 87.6 cm³/mol. The van der Waals surface area contributed by atoms with E-state index in [-0.39, 0.29) is 4.90 Å². The number of rotatable bonds is 3. The van der Waals surface area contributed by atoms with Crippen molar-refractivity contribution in [1.29, 1.82) is 0 Å². The maximum absolute atomic E-state index is 10.7. The third-order valence-electron chi connectivity index (χ3n) is 2.80. The average molecular weight is 302 g/mol. The minimum atomic E-state index is -4.10. The zero-order valence-corrected chi connectivity index (χ0v) is 12.7. The summed E-state index contributed by atoms with van der Waals surface area (Å²) in [6, 6.07) is 14.4. The van der Waals surface area contributed by atoms with Crippen molar-refractivity contribution in [2.45, 2.75) is 11.8 Å². The van der Waals surface area contributed by atoms with Gasteiger partial charge in [-0.25, -0.2) is 0 Å². The normalized spacial score (nSPS) is 10.2. The molecule has 2 rings (SSSR count). The third-order valence-corrected chi connectivity index (χ3v) is 3.65. The van der Waals surface area contributed by atoms with Crippen LogP contribution < -0.4 is 0 Å². The van der Waals surface area contributed by atoms with Gasteiger partial charge in [0, 0.05) is 0 Å². The molecule has 0 atom stereocenters. The zero-order chi connectivity index (χ0) is 15.9. The predicted octanol–water partition coefficient (Wildman–Crippen LogP) is 4.21. The Hall–Kier alpha value is -2.17. The van der Waals surface area contributed by atoms with Crippen LogP contribution >= 0.6 is 0 Å². The molecule has 3 nitrogen and oxygen atoms in total. The molecule has 0 aliphatic heterocycles. The molecule has 0 aromatic heterocycles. The van der Waals surface area contributed by atoms with Crippen LogP contribution in [0.15, 0.2) is 66.6 Å². The van der Waals surface area contributed by atoms with Crippen LogP contribution in [-0.4, -0.2) is 13.0 Å². The van der Waals surface area contributed by atoms with Crippen LogP contribution in [0, 0.1) is 6.92 Å². The first-order valence-electron chi connectivity index (χ1n) is 6.26. The summed E-state index contributed by atoms with van der Waals surface area (Å²) in [5.41, 5.74) is 2.80. The van der Waals surface area contributed by atoms with Gasteiger partial charge < -0.3 is 0 Å². The van der Waals surface area contributed by atoms with E-state index in [0.29, 0.717) is 5.56 Å². The Bertz CT molecular complexity index is 717. The molecule has 21 heavy (non-hydrogen) atoms. The Morgan fingerprint density at radius 1 is 1.00 bits per heavy atom. The number of hydrogen-bond acceptors (Lipinski definition) is 2. The van der Waals surface area contributed by atoms with E-state index in [1.54, 1.807) is 12.1 Å². The highest BCUT2D eigenvalue weighted by atomic mass is 32.2. The molecule has 110 valence electrons. The summed E-state index contributed by atoms with van der Waals surface area (Å²) in [6.07, 6.45) is 3.38. The topological polar surface area (TPSA) is 54.4 Å². The van der Waals surface area contributed by atoms with Crippen molar-refractivity contribution < 1.29 is 13.0 Å². The van der Waals surface area contributed by atoms with Gasteiger partial charge in [0.05, 0.1) is 4.90 Å². The molecule has 0 heterocycles. The van der Waals surface area contributed by atoms with Crippen LogP contribution in [0.4, 0.5) is 0 Å². The quantitative estimate of drug-likeness (QED) is 0.864. The van der Waals surface area contributed by atoms with Crippen molar-refractivity contribution in [1.82, 2.24) is 0 Å². The molecular weight excluding hydrogens is 284 g/mol. The van der Waals surface area contributed by atoms with Crippen molar-refractivity contribution in [2.75, 3.05) is 0 Å². The van der Waals surface area contributed by atoms with E-state index >= 15 is 0 Å². The van der Waals surface area contributed by atoms with E-state index in [2.05, 4.69) is 13.2 Å². The molecular formula is C17H18O3S. The lowest BCUT2D eigenvalue weighted by Crippen LogP contribution is -1.98. The van der Waals surface area contributed by atoms with Gasteiger partial charge in [-0.3, -0.25) is 4.55 Å². The molecule has 0 unspecified atom stereocenters. The van der Waals surface area contributed by atoms with Gasteiger partial charge in [0.2, 0.25) is 0 Å². The largest absolute Gasteiger partial charge is 0.294 e. The second kappa shape index (κ2) is 7.57. The zero-order valence-electron chi connectivity index (χ0n) is 11.9. The molecule has 0 amide bonds. The summed E-state index contributed by atoms with van der Waals surface area (Å²) < 4.78 is 30.2. The molecule has 0 spiro atoms. The molecule has 0 radical (unpaired) electrons. The van der Waals surface area contributed by atoms with Gasteiger partial charge in [0.25, 0.3) is 10.1 Å². The van der Waals surface area contributed by atoms with Crippen molar-refractivity contribution >= 4 is 22.3 Å². The van der Waals surface area contributed by atoms with Crippen LogP contribution in [0.3, 0.4) is 0 Å². The Kier molecular flexibility index (Phi) is 6.09. The Morgan fingerprint density at radius 2 is 1.62 bits per heavy atom. The average Bonchev–Trinajstić information content (AvgIpc) is 2.48. The Balaban J connectivity index is 0.000000235. The highest BCUT2D eigenvalue weighted by Crippen LogP contribution is 2.15. The van der Waals surface area contributed by atoms with Crippen molar-refractivity contribution in [3.8, 4) is 0 Å². The molecule has 0 saturated heterocycles. The first-order valence-corrected chi connectivity index (χ1v) is 7.70. The fourth-order valence-corrected chi connectivity index (χ4v) is 2.10. The number of hydrogen-bond donors (Lipinski definition) is 1. The highest BCUT2D eigenvalue weighted by molar-refractivity contribution is 7.85. The van der Waals surface area contributed by atoms with Crippen LogP contribution in [0.25, 0.3) is 12.2 Å². The number of aryl methyl sites for hydroxylation is 1. The monoisotopic (exact) mass is 302 g/mol. The Morgan fingerprint density at radius 3 is 2.05 bits per heavy atom. The van der Waals surface area contributed by atoms with Gasteiger partial charge in [0.1, 0.15) is 0 Å². The van der Waals surface area contributed by atoms with Gasteiger partial charge >= 0.3 is 0 Å². The summed E-state index contributed by atoms with van der Waals surface area (Å²) in [5, 5.41) is 0. The van der Waals surface area contributed by atoms with E-state index in [9.17, 15) is 8.42 Å². The first kappa shape index (κ1) is 16.9. The molecule has 0 bridgehead atoms. The maximum atomic E-state index is 10.7. The fraction of sp³-hybridized carbons (Fsp3) is 0.0588. The molecule has 0 aliphatic rings. The molecule has 2 aromatic rings. The van der Waals surface area contributed by atoms with E-state index < -0.39 is 10.1 Å². The minimum absolute atomic E-state index is 0.104. The first-order chi connectivity index (χ1) is 9.88. The molecule has 0 fully saturated rings. The Labute approximate surface area is 126 Å². The summed E-state index contributed by atoms with van der Waals surface area (Å²) in [6.45, 7) is 9.01. The number of benzene rings is 2. The summed E-state index contributed by atoms with van der Waals surface area (Å²) in [5.74, 6) is 0. The minimum Gasteiger partial charge on any atom is -0.282 e. The van der Waals surface area contributed by atoms with Gasteiger partial charge in [-0.15, -0.1) is 0 Å². The van der Waals surface area contributed by atoms with E-state index in [4.69, 9.17) is 4.55 Å². The van der Waals surface area contributed by atoms with Gasteiger partial charge in [0.15, 0.2) is 0 Å². The lowest BCUT2D eigenvalue weighted by Gasteiger charge is -2.02. The van der Waals surface area contributed by atoms with E-state index in [0.717, 1.165) is 5.56 Å². The summed E-state index contributed by atoms with van der Waals surface area (Å²) in [4.78, 5) is -0.104. The SMILES string of the molecule is C=Cc1cc(S(=O)(=O)O)ccc1C.C=Cc1ccccc1. The smallest absolute Gasteiger partial charge is 0.282 e. The highest BCUT2D eigenvalue weighted by Gasteiger charge is 2.09. The molecule has 4 heteroatoms. The van der Waals surface area contributed by atoms with Gasteiger partial charge in [-0.05, 0) is 35.7 Å². The lowest BCUT2D eigenvalue weighted by molar-refractivity contribution is 0.483. The fourth-order valence-electron chi connectivity index (χ4n) is 1.59. The van der Waals surface area contributed by atoms with Gasteiger partial charge in [-0.2, -0.15) is 8.42 Å². The van der Waals surface area contributed by atoms with Crippen LogP contribution in [0.1, 0.15) is 16.7 Å². The van der Waals surface area contributed by atoms with Crippen LogP contribution in [0.2, 0.25) is 0 Å². The van der Waals surface area contributed by atoms with Crippen molar-refractivity contribution in [2.24, 2.45) is 0 Å². The summed E-state index contributed by atoms with van der Waals surface area (Å²) in [7, 11) is -4.10. The molecule has 2 aromatic carbocycles. The third kappa shape index (κ3) is 5.38. The van der Waals surface area contributed by atoms with E-state index in [1.165, 1.54) is 17.7 Å². The van der Waals surface area contributed by atoms with E-state index in [1.807, 2.05) is 43.3 Å². The second-order valence-corrected chi connectivity index (χ2v) is 5.73. The van der Waals surface area contributed by atoms with Crippen LogP contribution in [-0.2, 0) is 10.1 Å². The summed E-state index contributed by atoms with van der Waals surface area (Å²) >= 11 is 0. The van der Waals surface area contributed by atoms with Gasteiger partial charge in [-0.1, -0.05) is 61.7 Å². The second-order valence-electron chi connectivity index (χ2n) is 4.31. The standard InChI is InChI=1S/C9H10O3S.C8H8/c1-3-8-6-9(13(10,11)12)5-4-7(8)2;1-2-8-6-4-3-5-7-8/h3-6H,1H2,2H3,(H,10,11,12);2-7H,1H2. The van der Waals surface area contributed by atoms with Crippen LogP contribution in [0.5, 0.6) is 0 Å².